The summed E-state index contributed by atoms with van der Waals surface area (Å²) < 4.78 is 7.07. The first kappa shape index (κ1) is 22.4. The van der Waals surface area contributed by atoms with Crippen LogP contribution in [0.3, 0.4) is 0 Å². The van der Waals surface area contributed by atoms with Crippen LogP contribution in [0.4, 0.5) is 5.69 Å². The standard InChI is InChI=1S/C22H20Cl2N4O3/c1-13-9-15(14(2)28(13)18-6-4-5-16(23)10-18)12-25-27-22(30)21(29)26-17-7-8-20(31-3)19(24)11-17/h4-12H,1-3H3,(H,26,29)(H,27,30). The fourth-order valence-electron chi connectivity index (χ4n) is 3.07. The van der Waals surface area contributed by atoms with E-state index < -0.39 is 11.8 Å². The van der Waals surface area contributed by atoms with Crippen molar-refractivity contribution in [3.8, 4) is 11.4 Å². The van der Waals surface area contributed by atoms with Crippen LogP contribution in [-0.4, -0.2) is 29.7 Å². The van der Waals surface area contributed by atoms with Crippen LogP contribution < -0.4 is 15.5 Å². The molecule has 0 bridgehead atoms. The minimum absolute atomic E-state index is 0.314. The molecule has 31 heavy (non-hydrogen) atoms. The van der Waals surface area contributed by atoms with E-state index in [1.165, 1.54) is 19.4 Å². The highest BCUT2D eigenvalue weighted by Gasteiger charge is 2.14. The quantitative estimate of drug-likeness (QED) is 0.335. The van der Waals surface area contributed by atoms with E-state index in [-0.39, 0.29) is 0 Å². The monoisotopic (exact) mass is 458 g/mol. The summed E-state index contributed by atoms with van der Waals surface area (Å²) in [6, 6.07) is 14.1. The molecule has 1 aromatic heterocycles. The smallest absolute Gasteiger partial charge is 0.329 e. The van der Waals surface area contributed by atoms with Gasteiger partial charge in [-0.05, 0) is 56.3 Å². The number of carbonyl (C=O) groups excluding carboxylic acids is 2. The minimum Gasteiger partial charge on any atom is -0.495 e. The minimum atomic E-state index is -0.910. The number of carbonyl (C=O) groups is 2. The average molecular weight is 459 g/mol. The predicted molar refractivity (Wildman–Crippen MR) is 123 cm³/mol. The number of rotatable bonds is 5. The Bertz CT molecular complexity index is 1170. The molecule has 0 spiro atoms. The normalized spacial score (nSPS) is 10.9. The number of hydrogen-bond acceptors (Lipinski definition) is 4. The molecule has 0 fully saturated rings. The maximum absolute atomic E-state index is 12.1. The Morgan fingerprint density at radius 1 is 1.06 bits per heavy atom. The number of hydrogen-bond donors (Lipinski definition) is 2. The van der Waals surface area contributed by atoms with Gasteiger partial charge in [-0.25, -0.2) is 5.43 Å². The third kappa shape index (κ3) is 5.25. The second-order valence-corrected chi connectivity index (χ2v) is 7.49. The molecule has 0 aliphatic carbocycles. The molecule has 3 aromatic rings. The van der Waals surface area contributed by atoms with Gasteiger partial charge in [0.15, 0.2) is 0 Å². The molecule has 0 aliphatic heterocycles. The van der Waals surface area contributed by atoms with E-state index in [1.54, 1.807) is 12.1 Å². The molecule has 9 heteroatoms. The molecule has 0 radical (unpaired) electrons. The average Bonchev–Trinajstić information content (AvgIpc) is 3.01. The number of aromatic nitrogens is 1. The highest BCUT2D eigenvalue weighted by molar-refractivity contribution is 6.40. The number of anilines is 1. The van der Waals surface area contributed by atoms with Crippen LogP contribution in [-0.2, 0) is 9.59 Å². The first-order chi connectivity index (χ1) is 14.8. The number of benzene rings is 2. The zero-order chi connectivity index (χ0) is 22.5. The molecule has 2 amide bonds. The SMILES string of the molecule is COc1ccc(NC(=O)C(=O)NN=Cc2cc(C)n(-c3cccc(Cl)c3)c2C)cc1Cl. The van der Waals surface area contributed by atoms with Crippen LogP contribution >= 0.6 is 23.2 Å². The molecule has 1 heterocycles. The maximum atomic E-state index is 12.1. The molecular formula is C22H20Cl2N4O3. The molecule has 160 valence electrons. The summed E-state index contributed by atoms with van der Waals surface area (Å²) in [6.45, 7) is 3.88. The van der Waals surface area contributed by atoms with Crippen LogP contribution in [0.15, 0.2) is 53.6 Å². The number of nitrogens with zero attached hydrogens (tertiary/aromatic N) is 2. The summed E-state index contributed by atoms with van der Waals surface area (Å²) in [6.07, 6.45) is 1.48. The van der Waals surface area contributed by atoms with Gasteiger partial charge < -0.3 is 14.6 Å². The summed E-state index contributed by atoms with van der Waals surface area (Å²) >= 11 is 12.1. The molecule has 7 nitrogen and oxygen atoms in total. The van der Waals surface area contributed by atoms with Crippen molar-refractivity contribution in [1.82, 2.24) is 9.99 Å². The van der Waals surface area contributed by atoms with Crippen molar-refractivity contribution in [2.75, 3.05) is 12.4 Å². The molecule has 0 saturated heterocycles. The molecule has 0 aliphatic rings. The van der Waals surface area contributed by atoms with E-state index in [0.717, 1.165) is 22.6 Å². The van der Waals surface area contributed by atoms with Crippen LogP contribution in [0.5, 0.6) is 5.75 Å². The fraction of sp³-hybridized carbons (Fsp3) is 0.136. The van der Waals surface area contributed by atoms with Crippen LogP contribution in [0.2, 0.25) is 10.0 Å². The van der Waals surface area contributed by atoms with Crippen molar-refractivity contribution >= 4 is 46.9 Å². The van der Waals surface area contributed by atoms with Gasteiger partial charge in [-0.3, -0.25) is 9.59 Å². The number of ether oxygens (including phenoxy) is 1. The first-order valence-corrected chi connectivity index (χ1v) is 9.98. The van der Waals surface area contributed by atoms with E-state index in [1.807, 2.05) is 48.7 Å². The van der Waals surface area contributed by atoms with Gasteiger partial charge in [-0.15, -0.1) is 0 Å². The van der Waals surface area contributed by atoms with Gasteiger partial charge in [0.2, 0.25) is 0 Å². The Morgan fingerprint density at radius 3 is 2.52 bits per heavy atom. The lowest BCUT2D eigenvalue weighted by molar-refractivity contribution is -0.136. The van der Waals surface area contributed by atoms with Crippen LogP contribution in [0, 0.1) is 13.8 Å². The van der Waals surface area contributed by atoms with Gasteiger partial charge in [0.1, 0.15) is 5.75 Å². The summed E-state index contributed by atoms with van der Waals surface area (Å²) in [5.41, 5.74) is 6.18. The Labute approximate surface area is 189 Å². The summed E-state index contributed by atoms with van der Waals surface area (Å²) in [5.74, 6) is -1.32. The van der Waals surface area contributed by atoms with Crippen molar-refractivity contribution < 1.29 is 14.3 Å². The lowest BCUT2D eigenvalue weighted by atomic mass is 10.2. The number of methoxy groups -OCH3 is 1. The molecule has 2 N–H and O–H groups in total. The lowest BCUT2D eigenvalue weighted by Crippen LogP contribution is -2.32. The van der Waals surface area contributed by atoms with Crippen molar-refractivity contribution in [2.45, 2.75) is 13.8 Å². The number of halogens is 2. The van der Waals surface area contributed by atoms with Crippen molar-refractivity contribution in [3.05, 3.63) is 75.5 Å². The van der Waals surface area contributed by atoms with Gasteiger partial charge >= 0.3 is 11.8 Å². The Hall–Kier alpha value is -3.29. The Kier molecular flexibility index (Phi) is 6.99. The van der Waals surface area contributed by atoms with Gasteiger partial charge in [-0.1, -0.05) is 29.3 Å². The third-order valence-corrected chi connectivity index (χ3v) is 5.05. The van der Waals surface area contributed by atoms with Gasteiger partial charge in [0.25, 0.3) is 0 Å². The van der Waals surface area contributed by atoms with E-state index in [4.69, 9.17) is 27.9 Å². The van der Waals surface area contributed by atoms with E-state index in [9.17, 15) is 9.59 Å². The van der Waals surface area contributed by atoms with Crippen LogP contribution in [0.25, 0.3) is 5.69 Å². The molecule has 2 aromatic carbocycles. The largest absolute Gasteiger partial charge is 0.495 e. The summed E-state index contributed by atoms with van der Waals surface area (Å²) in [7, 11) is 1.48. The zero-order valence-corrected chi connectivity index (χ0v) is 18.6. The number of hydrazone groups is 1. The topological polar surface area (TPSA) is 84.7 Å². The van der Waals surface area contributed by atoms with Crippen molar-refractivity contribution in [2.24, 2.45) is 5.10 Å². The Morgan fingerprint density at radius 2 is 1.84 bits per heavy atom. The highest BCUT2D eigenvalue weighted by Crippen LogP contribution is 2.27. The number of amides is 2. The van der Waals surface area contributed by atoms with E-state index in [2.05, 4.69) is 15.8 Å². The molecule has 3 rings (SSSR count). The van der Waals surface area contributed by atoms with Crippen LogP contribution in [0.1, 0.15) is 17.0 Å². The lowest BCUT2D eigenvalue weighted by Gasteiger charge is -2.09. The second kappa shape index (κ2) is 9.68. The first-order valence-electron chi connectivity index (χ1n) is 9.23. The highest BCUT2D eigenvalue weighted by atomic mass is 35.5. The third-order valence-electron chi connectivity index (χ3n) is 4.52. The number of nitrogens with one attached hydrogen (secondary N) is 2. The van der Waals surface area contributed by atoms with Gasteiger partial charge in [0.05, 0.1) is 18.3 Å². The van der Waals surface area contributed by atoms with Gasteiger partial charge in [0, 0.05) is 33.3 Å². The molecule has 0 saturated carbocycles. The van der Waals surface area contributed by atoms with E-state index in [0.29, 0.717) is 21.5 Å². The molecular weight excluding hydrogens is 439 g/mol. The molecule has 0 atom stereocenters. The van der Waals surface area contributed by atoms with E-state index >= 15 is 0 Å². The van der Waals surface area contributed by atoms with Gasteiger partial charge in [-0.2, -0.15) is 5.10 Å². The van der Waals surface area contributed by atoms with Crippen molar-refractivity contribution in [1.29, 1.82) is 0 Å². The second-order valence-electron chi connectivity index (χ2n) is 6.64. The summed E-state index contributed by atoms with van der Waals surface area (Å²) in [4.78, 5) is 24.1. The molecule has 0 unspecified atom stereocenters. The maximum Gasteiger partial charge on any atom is 0.329 e. The fourth-order valence-corrected chi connectivity index (χ4v) is 3.52. The summed E-state index contributed by atoms with van der Waals surface area (Å²) in [5, 5.41) is 7.31. The number of aryl methyl sites for hydroxylation is 1. The Balaban J connectivity index is 1.66. The van der Waals surface area contributed by atoms with Crippen molar-refractivity contribution in [3.63, 3.8) is 0 Å². The predicted octanol–water partition coefficient (Wildman–Crippen LogP) is 4.50. The zero-order valence-electron chi connectivity index (χ0n) is 17.1.